The number of nitrogens with zero attached hydrogens (tertiary/aromatic N) is 3. The zero-order chi connectivity index (χ0) is 13.8. The zero-order valence-corrected chi connectivity index (χ0v) is 12.2. The van der Waals surface area contributed by atoms with Crippen molar-refractivity contribution in [2.75, 3.05) is 11.4 Å². The summed E-state index contributed by atoms with van der Waals surface area (Å²) in [5.74, 6) is 1.17. The lowest BCUT2D eigenvalue weighted by molar-refractivity contribution is 0.829. The number of aromatic nitrogens is 2. The third kappa shape index (κ3) is 2.87. The van der Waals surface area contributed by atoms with Crippen molar-refractivity contribution >= 4 is 23.1 Å². The second kappa shape index (κ2) is 6.02. The molecule has 0 unspecified atom stereocenters. The van der Waals surface area contributed by atoms with Crippen LogP contribution < -0.4 is 4.90 Å². The van der Waals surface area contributed by atoms with Crippen LogP contribution in [-0.2, 0) is 0 Å². The molecule has 0 fully saturated rings. The maximum absolute atomic E-state index is 6.24. The largest absolute Gasteiger partial charge is 0.326 e. The minimum Gasteiger partial charge on any atom is -0.326 e. The predicted octanol–water partition coefficient (Wildman–Crippen LogP) is 4.41. The molecule has 0 saturated carbocycles. The van der Waals surface area contributed by atoms with E-state index in [9.17, 15) is 0 Å². The average Bonchev–Trinajstić information content (AvgIpc) is 2.40. The molecule has 0 aliphatic heterocycles. The molecule has 1 aromatic carbocycles. The minimum absolute atomic E-state index is 0.279. The first-order valence-electron chi connectivity index (χ1n) is 6.48. The molecule has 100 valence electrons. The van der Waals surface area contributed by atoms with E-state index in [1.165, 1.54) is 6.33 Å². The van der Waals surface area contributed by atoms with E-state index in [2.05, 4.69) is 47.8 Å². The van der Waals surface area contributed by atoms with Crippen LogP contribution in [0.3, 0.4) is 0 Å². The highest BCUT2D eigenvalue weighted by molar-refractivity contribution is 6.30. The lowest BCUT2D eigenvalue weighted by Gasteiger charge is -2.25. The number of para-hydroxylation sites is 1. The molecular weight excluding hydrogens is 258 g/mol. The first kappa shape index (κ1) is 13.8. The Morgan fingerprint density at radius 2 is 1.84 bits per heavy atom. The second-order valence-corrected chi connectivity index (χ2v) is 4.99. The molecule has 4 heteroatoms. The summed E-state index contributed by atoms with van der Waals surface area (Å²) in [5.41, 5.74) is 2.11. The van der Waals surface area contributed by atoms with E-state index in [0.29, 0.717) is 5.15 Å². The Morgan fingerprint density at radius 3 is 2.42 bits per heavy atom. The maximum atomic E-state index is 6.24. The van der Waals surface area contributed by atoms with Crippen molar-refractivity contribution in [1.29, 1.82) is 0 Å². The SMILES string of the molecule is CCN(c1ccccc1)c1ncnc(Cl)c1C(C)C. The molecule has 0 radical (unpaired) electrons. The van der Waals surface area contributed by atoms with Gasteiger partial charge in [-0.3, -0.25) is 0 Å². The van der Waals surface area contributed by atoms with Gasteiger partial charge >= 0.3 is 0 Å². The van der Waals surface area contributed by atoms with Crippen LogP contribution in [0.5, 0.6) is 0 Å². The molecule has 0 saturated heterocycles. The van der Waals surface area contributed by atoms with Crippen LogP contribution in [0.1, 0.15) is 32.3 Å². The number of anilines is 2. The van der Waals surface area contributed by atoms with Crippen molar-refractivity contribution < 1.29 is 0 Å². The van der Waals surface area contributed by atoms with E-state index in [4.69, 9.17) is 11.6 Å². The quantitative estimate of drug-likeness (QED) is 0.774. The van der Waals surface area contributed by atoms with Gasteiger partial charge in [-0.1, -0.05) is 43.6 Å². The summed E-state index contributed by atoms with van der Waals surface area (Å²) < 4.78 is 0. The Kier molecular flexibility index (Phi) is 4.38. The molecule has 2 aromatic rings. The van der Waals surface area contributed by atoms with Gasteiger partial charge in [0.05, 0.1) is 0 Å². The molecular formula is C15H18ClN3. The summed E-state index contributed by atoms with van der Waals surface area (Å²) in [6, 6.07) is 10.2. The monoisotopic (exact) mass is 275 g/mol. The van der Waals surface area contributed by atoms with E-state index >= 15 is 0 Å². The van der Waals surface area contributed by atoms with Crippen molar-refractivity contribution in [3.63, 3.8) is 0 Å². The van der Waals surface area contributed by atoms with Gasteiger partial charge in [0.25, 0.3) is 0 Å². The van der Waals surface area contributed by atoms with Gasteiger partial charge in [0.15, 0.2) is 0 Å². The van der Waals surface area contributed by atoms with Crippen molar-refractivity contribution in [1.82, 2.24) is 9.97 Å². The normalized spacial score (nSPS) is 10.8. The molecule has 3 nitrogen and oxygen atoms in total. The molecule has 1 aromatic heterocycles. The first-order chi connectivity index (χ1) is 9.15. The van der Waals surface area contributed by atoms with Crippen LogP contribution in [0.25, 0.3) is 0 Å². The molecule has 0 aliphatic carbocycles. The predicted molar refractivity (Wildman–Crippen MR) is 80.3 cm³/mol. The standard InChI is InChI=1S/C15H18ClN3/c1-4-19(12-8-6-5-7-9-12)15-13(11(2)3)14(16)17-10-18-15/h5-11H,4H2,1-3H3. The van der Waals surface area contributed by atoms with Gasteiger partial charge in [-0.2, -0.15) is 0 Å². The van der Waals surface area contributed by atoms with Crippen LogP contribution in [0.15, 0.2) is 36.7 Å². The smallest absolute Gasteiger partial charge is 0.141 e. The van der Waals surface area contributed by atoms with E-state index in [1.54, 1.807) is 0 Å². The first-order valence-corrected chi connectivity index (χ1v) is 6.86. The van der Waals surface area contributed by atoms with Crippen LogP contribution in [0.2, 0.25) is 5.15 Å². The van der Waals surface area contributed by atoms with Gasteiger partial charge < -0.3 is 4.90 Å². The Bertz CT molecular complexity index is 540. The molecule has 0 aliphatic rings. The highest BCUT2D eigenvalue weighted by atomic mass is 35.5. The van der Waals surface area contributed by atoms with Crippen LogP contribution in [0, 0.1) is 0 Å². The van der Waals surface area contributed by atoms with Crippen molar-refractivity contribution in [2.45, 2.75) is 26.7 Å². The fourth-order valence-electron chi connectivity index (χ4n) is 2.14. The number of benzene rings is 1. The summed E-state index contributed by atoms with van der Waals surface area (Å²) >= 11 is 6.24. The fraction of sp³-hybridized carbons (Fsp3) is 0.333. The van der Waals surface area contributed by atoms with Crippen LogP contribution in [-0.4, -0.2) is 16.5 Å². The molecule has 0 spiro atoms. The van der Waals surface area contributed by atoms with E-state index in [0.717, 1.165) is 23.6 Å². The maximum Gasteiger partial charge on any atom is 0.141 e. The number of hydrogen-bond acceptors (Lipinski definition) is 3. The Balaban J connectivity index is 2.53. The zero-order valence-electron chi connectivity index (χ0n) is 11.5. The van der Waals surface area contributed by atoms with Gasteiger partial charge in [0.2, 0.25) is 0 Å². The summed E-state index contributed by atoms with van der Waals surface area (Å²) in [6.45, 7) is 7.14. The fourth-order valence-corrected chi connectivity index (χ4v) is 2.49. The van der Waals surface area contributed by atoms with Gasteiger partial charge in [-0.25, -0.2) is 9.97 Å². The Hall–Kier alpha value is -1.61. The highest BCUT2D eigenvalue weighted by Crippen LogP contribution is 2.33. The lowest BCUT2D eigenvalue weighted by atomic mass is 10.1. The lowest BCUT2D eigenvalue weighted by Crippen LogP contribution is -2.20. The summed E-state index contributed by atoms with van der Waals surface area (Å²) in [7, 11) is 0. The molecule has 2 rings (SSSR count). The summed E-state index contributed by atoms with van der Waals surface area (Å²) in [5, 5.41) is 0.536. The molecule has 0 bridgehead atoms. The second-order valence-electron chi connectivity index (χ2n) is 4.64. The Labute approximate surface area is 119 Å². The number of rotatable bonds is 4. The topological polar surface area (TPSA) is 29.0 Å². The van der Waals surface area contributed by atoms with E-state index < -0.39 is 0 Å². The molecule has 19 heavy (non-hydrogen) atoms. The van der Waals surface area contributed by atoms with Crippen LogP contribution in [0.4, 0.5) is 11.5 Å². The highest BCUT2D eigenvalue weighted by Gasteiger charge is 2.18. The van der Waals surface area contributed by atoms with E-state index in [1.807, 2.05) is 18.2 Å². The molecule has 0 atom stereocenters. The third-order valence-electron chi connectivity index (χ3n) is 3.03. The van der Waals surface area contributed by atoms with Gasteiger partial charge in [-0.05, 0) is 25.0 Å². The molecule has 0 amide bonds. The molecule has 0 N–H and O–H groups in total. The van der Waals surface area contributed by atoms with E-state index in [-0.39, 0.29) is 5.92 Å². The summed E-state index contributed by atoms with van der Waals surface area (Å²) in [6.07, 6.45) is 1.52. The number of halogens is 1. The molecule has 1 heterocycles. The minimum atomic E-state index is 0.279. The Morgan fingerprint density at radius 1 is 1.16 bits per heavy atom. The third-order valence-corrected chi connectivity index (χ3v) is 3.33. The van der Waals surface area contributed by atoms with Crippen molar-refractivity contribution in [3.05, 3.63) is 47.4 Å². The van der Waals surface area contributed by atoms with Crippen molar-refractivity contribution in [3.8, 4) is 0 Å². The summed E-state index contributed by atoms with van der Waals surface area (Å²) in [4.78, 5) is 10.7. The van der Waals surface area contributed by atoms with Gasteiger partial charge in [0, 0.05) is 17.8 Å². The van der Waals surface area contributed by atoms with Gasteiger partial charge in [-0.15, -0.1) is 0 Å². The van der Waals surface area contributed by atoms with Crippen molar-refractivity contribution in [2.24, 2.45) is 0 Å². The average molecular weight is 276 g/mol. The van der Waals surface area contributed by atoms with Gasteiger partial charge in [0.1, 0.15) is 17.3 Å². The number of hydrogen-bond donors (Lipinski definition) is 0. The van der Waals surface area contributed by atoms with Crippen LogP contribution >= 0.6 is 11.6 Å².